The van der Waals surface area contributed by atoms with Crippen LogP contribution in [0.2, 0.25) is 0 Å². The molecule has 0 aromatic heterocycles. The Balaban J connectivity index is 2.85. The highest BCUT2D eigenvalue weighted by Crippen LogP contribution is 2.26. The van der Waals surface area contributed by atoms with Gasteiger partial charge in [0.25, 0.3) is 0 Å². The quantitative estimate of drug-likeness (QED) is 0.607. The molecule has 0 radical (unpaired) electrons. The van der Waals surface area contributed by atoms with Crippen LogP contribution < -0.4 is 11.1 Å². The number of amides is 1. The number of hydrogen-bond acceptors (Lipinski definition) is 4. The van der Waals surface area contributed by atoms with Crippen molar-refractivity contribution in [1.29, 1.82) is 0 Å². The summed E-state index contributed by atoms with van der Waals surface area (Å²) in [5.74, 6) is 1.06. The summed E-state index contributed by atoms with van der Waals surface area (Å²) in [4.78, 5) is 11.8. The van der Waals surface area contributed by atoms with E-state index >= 15 is 0 Å². The van der Waals surface area contributed by atoms with Gasteiger partial charge in [-0.05, 0) is 24.8 Å². The van der Waals surface area contributed by atoms with Crippen molar-refractivity contribution >= 4 is 17.7 Å². The van der Waals surface area contributed by atoms with E-state index in [1.807, 2.05) is 30.3 Å². The number of thioether (sulfide) groups is 1. The number of rotatable bonds is 8. The van der Waals surface area contributed by atoms with Crippen molar-refractivity contribution in [3.63, 3.8) is 0 Å². The number of carbonyl (C=O) groups excluding carboxylic acids is 1. The Labute approximate surface area is 112 Å². The Hall–Kier alpha value is -1.04. The molecule has 1 amide bonds. The predicted molar refractivity (Wildman–Crippen MR) is 75.4 cm³/mol. The molecule has 0 bridgehead atoms. The minimum atomic E-state index is -0.830. The first-order valence-corrected chi connectivity index (χ1v) is 7.06. The lowest BCUT2D eigenvalue weighted by Gasteiger charge is -2.30. The Morgan fingerprint density at radius 2 is 2.06 bits per heavy atom. The van der Waals surface area contributed by atoms with E-state index in [4.69, 9.17) is 10.8 Å². The number of carbonyl (C=O) groups is 1. The largest absolute Gasteiger partial charge is 0.396 e. The van der Waals surface area contributed by atoms with E-state index in [1.165, 1.54) is 0 Å². The first kappa shape index (κ1) is 15.0. The molecule has 100 valence electrons. The molecule has 18 heavy (non-hydrogen) atoms. The van der Waals surface area contributed by atoms with Crippen LogP contribution in [0.15, 0.2) is 30.3 Å². The van der Waals surface area contributed by atoms with Crippen molar-refractivity contribution in [3.8, 4) is 0 Å². The molecule has 1 atom stereocenters. The molecule has 1 unspecified atom stereocenters. The van der Waals surface area contributed by atoms with E-state index in [2.05, 4.69) is 5.32 Å². The van der Waals surface area contributed by atoms with E-state index in [0.717, 1.165) is 11.3 Å². The molecule has 0 heterocycles. The highest BCUT2D eigenvalue weighted by Gasteiger charge is 2.36. The minimum absolute atomic E-state index is 0.152. The number of primary amides is 1. The summed E-state index contributed by atoms with van der Waals surface area (Å²) < 4.78 is 0. The molecular formula is C13H20N2O2S. The van der Waals surface area contributed by atoms with E-state index in [9.17, 15) is 4.79 Å². The number of hydrogen-bond donors (Lipinski definition) is 3. The summed E-state index contributed by atoms with van der Waals surface area (Å²) in [5.41, 5.74) is 5.62. The Bertz CT molecular complexity index is 373. The van der Waals surface area contributed by atoms with Gasteiger partial charge in [-0.1, -0.05) is 30.3 Å². The van der Waals surface area contributed by atoms with Crippen LogP contribution in [0, 0.1) is 0 Å². The van der Waals surface area contributed by atoms with Crippen molar-refractivity contribution in [2.45, 2.75) is 12.0 Å². The monoisotopic (exact) mass is 268 g/mol. The highest BCUT2D eigenvalue weighted by molar-refractivity contribution is 7.99. The average molecular weight is 268 g/mol. The standard InChI is InChI=1S/C13H20N2O2S/c1-15-13(12(14)17,7-9-18-10-8-16)11-5-3-2-4-6-11/h2-6,15-16H,7-10H2,1H3,(H2,14,17). The lowest BCUT2D eigenvalue weighted by molar-refractivity contribution is -0.124. The van der Waals surface area contributed by atoms with Crippen LogP contribution in [-0.2, 0) is 10.3 Å². The molecule has 0 aliphatic heterocycles. The Morgan fingerprint density at radius 3 is 2.56 bits per heavy atom. The molecule has 0 aliphatic rings. The Kier molecular flexibility index (Phi) is 6.18. The van der Waals surface area contributed by atoms with E-state index in [1.54, 1.807) is 18.8 Å². The zero-order valence-corrected chi connectivity index (χ0v) is 11.4. The van der Waals surface area contributed by atoms with Crippen LogP contribution in [0.1, 0.15) is 12.0 Å². The molecule has 1 aromatic rings. The number of benzene rings is 1. The molecule has 1 aromatic carbocycles. The van der Waals surface area contributed by atoms with Crippen LogP contribution >= 0.6 is 11.8 Å². The summed E-state index contributed by atoms with van der Waals surface area (Å²) in [7, 11) is 1.74. The van der Waals surface area contributed by atoms with Gasteiger partial charge in [0.2, 0.25) is 5.91 Å². The van der Waals surface area contributed by atoms with Gasteiger partial charge in [-0.15, -0.1) is 0 Å². The lowest BCUT2D eigenvalue weighted by Crippen LogP contribution is -2.51. The average Bonchev–Trinajstić information content (AvgIpc) is 2.40. The van der Waals surface area contributed by atoms with Crippen molar-refractivity contribution in [1.82, 2.24) is 5.32 Å². The SMILES string of the molecule is CNC(CCSCCO)(C(N)=O)c1ccccc1. The fourth-order valence-electron chi connectivity index (χ4n) is 1.92. The fraction of sp³-hybridized carbons (Fsp3) is 0.462. The molecule has 1 rings (SSSR count). The van der Waals surface area contributed by atoms with Gasteiger partial charge in [0.05, 0.1) is 6.61 Å². The zero-order valence-electron chi connectivity index (χ0n) is 10.6. The van der Waals surface area contributed by atoms with Crippen LogP contribution in [0.4, 0.5) is 0 Å². The smallest absolute Gasteiger partial charge is 0.242 e. The maximum atomic E-state index is 11.8. The molecule has 4 N–H and O–H groups in total. The molecule has 4 nitrogen and oxygen atoms in total. The molecular weight excluding hydrogens is 248 g/mol. The molecule has 5 heteroatoms. The van der Waals surface area contributed by atoms with Gasteiger partial charge in [-0.2, -0.15) is 11.8 Å². The van der Waals surface area contributed by atoms with Crippen LogP contribution in [0.5, 0.6) is 0 Å². The van der Waals surface area contributed by atoms with Crippen LogP contribution in [-0.4, -0.2) is 36.2 Å². The van der Waals surface area contributed by atoms with Gasteiger partial charge in [-0.25, -0.2) is 0 Å². The first-order valence-electron chi connectivity index (χ1n) is 5.90. The second-order valence-corrected chi connectivity index (χ2v) is 5.20. The van der Waals surface area contributed by atoms with E-state index in [-0.39, 0.29) is 12.5 Å². The highest BCUT2D eigenvalue weighted by atomic mass is 32.2. The van der Waals surface area contributed by atoms with Crippen molar-refractivity contribution in [2.24, 2.45) is 5.73 Å². The molecule has 0 spiro atoms. The topological polar surface area (TPSA) is 75.3 Å². The van der Waals surface area contributed by atoms with Crippen molar-refractivity contribution < 1.29 is 9.90 Å². The van der Waals surface area contributed by atoms with Gasteiger partial charge in [0, 0.05) is 5.75 Å². The first-order chi connectivity index (χ1) is 8.67. The minimum Gasteiger partial charge on any atom is -0.396 e. The number of nitrogens with two attached hydrogens (primary N) is 1. The third-order valence-corrected chi connectivity index (χ3v) is 3.94. The molecule has 0 saturated carbocycles. The number of aliphatic hydroxyl groups is 1. The number of likely N-dealkylation sites (N-methyl/N-ethyl adjacent to an activating group) is 1. The number of nitrogens with one attached hydrogen (secondary N) is 1. The molecule has 0 saturated heterocycles. The van der Waals surface area contributed by atoms with Gasteiger partial charge >= 0.3 is 0 Å². The summed E-state index contributed by atoms with van der Waals surface area (Å²) >= 11 is 1.61. The lowest BCUT2D eigenvalue weighted by atomic mass is 9.86. The number of aliphatic hydroxyl groups excluding tert-OH is 1. The van der Waals surface area contributed by atoms with Crippen molar-refractivity contribution in [3.05, 3.63) is 35.9 Å². The van der Waals surface area contributed by atoms with Crippen LogP contribution in [0.3, 0.4) is 0 Å². The van der Waals surface area contributed by atoms with Gasteiger partial charge in [0.15, 0.2) is 0 Å². The third-order valence-electron chi connectivity index (χ3n) is 2.97. The van der Waals surface area contributed by atoms with Gasteiger partial charge in [-0.3, -0.25) is 4.79 Å². The third kappa shape index (κ3) is 3.48. The molecule has 0 fully saturated rings. The fourth-order valence-corrected chi connectivity index (χ4v) is 2.70. The summed E-state index contributed by atoms with van der Waals surface area (Å²) in [6, 6.07) is 9.50. The van der Waals surface area contributed by atoms with E-state index in [0.29, 0.717) is 12.2 Å². The second kappa shape index (κ2) is 7.41. The summed E-state index contributed by atoms with van der Waals surface area (Å²) in [6.45, 7) is 0.152. The summed E-state index contributed by atoms with van der Waals surface area (Å²) in [5, 5.41) is 11.8. The normalized spacial score (nSPS) is 14.1. The van der Waals surface area contributed by atoms with Gasteiger partial charge < -0.3 is 16.2 Å². The predicted octanol–water partition coefficient (Wildman–Crippen LogP) is 0.702. The van der Waals surface area contributed by atoms with Crippen LogP contribution in [0.25, 0.3) is 0 Å². The summed E-state index contributed by atoms with van der Waals surface area (Å²) in [6.07, 6.45) is 0.605. The van der Waals surface area contributed by atoms with Crippen molar-refractivity contribution in [2.75, 3.05) is 25.2 Å². The maximum absolute atomic E-state index is 11.8. The molecule has 0 aliphatic carbocycles. The van der Waals surface area contributed by atoms with Gasteiger partial charge in [0.1, 0.15) is 5.54 Å². The maximum Gasteiger partial charge on any atom is 0.242 e. The van der Waals surface area contributed by atoms with E-state index < -0.39 is 5.54 Å². The Morgan fingerprint density at radius 1 is 1.39 bits per heavy atom. The second-order valence-electron chi connectivity index (χ2n) is 3.97. The zero-order chi connectivity index (χ0) is 13.4.